The van der Waals surface area contributed by atoms with Crippen LogP contribution in [-0.4, -0.2) is 15.7 Å². The third-order valence-electron chi connectivity index (χ3n) is 4.34. The Morgan fingerprint density at radius 1 is 1.32 bits per heavy atom. The molecule has 1 aliphatic rings. The Morgan fingerprint density at radius 3 is 2.45 bits per heavy atom. The predicted molar refractivity (Wildman–Crippen MR) is 91.4 cm³/mol. The molecule has 0 spiro atoms. The van der Waals surface area contributed by atoms with E-state index < -0.39 is 0 Å². The average molecular weight is 324 g/mol. The molecule has 1 saturated heterocycles. The highest BCUT2D eigenvalue weighted by Gasteiger charge is 2.44. The Hall–Kier alpha value is -0.940. The lowest BCUT2D eigenvalue weighted by molar-refractivity contribution is -0.0346. The molecule has 1 aromatic rings. The molecule has 5 heteroatoms. The van der Waals surface area contributed by atoms with E-state index in [0.717, 1.165) is 12.8 Å². The quantitative estimate of drug-likeness (QED) is 0.825. The molecule has 1 aliphatic heterocycles. The van der Waals surface area contributed by atoms with Gasteiger partial charge in [-0.15, -0.1) is 0 Å². The van der Waals surface area contributed by atoms with Gasteiger partial charge in [0.05, 0.1) is 6.10 Å². The van der Waals surface area contributed by atoms with Crippen LogP contribution in [-0.2, 0) is 4.74 Å². The molecule has 0 aliphatic carbocycles. The molecule has 0 saturated carbocycles. The number of H-pyrrole nitrogens is 1. The van der Waals surface area contributed by atoms with Gasteiger partial charge in [0, 0.05) is 6.20 Å². The predicted octanol–water partition coefficient (Wildman–Crippen LogP) is 4.29. The second-order valence-electron chi connectivity index (χ2n) is 8.59. The minimum absolute atomic E-state index is 0.133. The standard InChI is InChI=1S/C17H28N2O2S/c1-16(2,3)10-12-11(17(4,5)6)9-13(21-12)19-14(22)7-8-18-15(19)20/h7-8,11-13H,9-10H2,1-6H3,(H,18,20)/t11?,12-,13-/m1/s1. The first-order valence-electron chi connectivity index (χ1n) is 7.95. The number of aromatic amines is 1. The van der Waals surface area contributed by atoms with Crippen LogP contribution in [0.5, 0.6) is 0 Å². The first-order valence-corrected chi connectivity index (χ1v) is 8.35. The average Bonchev–Trinajstić information content (AvgIpc) is 2.69. The van der Waals surface area contributed by atoms with Gasteiger partial charge in [0.25, 0.3) is 0 Å². The lowest BCUT2D eigenvalue weighted by Gasteiger charge is -2.33. The summed E-state index contributed by atoms with van der Waals surface area (Å²) in [6, 6.07) is 1.74. The van der Waals surface area contributed by atoms with Gasteiger partial charge in [0.15, 0.2) is 0 Å². The summed E-state index contributed by atoms with van der Waals surface area (Å²) >= 11 is 5.32. The van der Waals surface area contributed by atoms with Crippen molar-refractivity contribution in [3.8, 4) is 0 Å². The van der Waals surface area contributed by atoms with Crippen LogP contribution in [0.4, 0.5) is 0 Å². The molecule has 124 valence electrons. The van der Waals surface area contributed by atoms with Crippen LogP contribution in [0.1, 0.15) is 60.6 Å². The van der Waals surface area contributed by atoms with E-state index in [4.69, 9.17) is 17.0 Å². The minimum atomic E-state index is -0.269. The van der Waals surface area contributed by atoms with Gasteiger partial charge in [-0.2, -0.15) is 0 Å². The van der Waals surface area contributed by atoms with Crippen LogP contribution in [0.25, 0.3) is 0 Å². The Labute approximate surface area is 137 Å². The maximum Gasteiger partial charge on any atom is 0.328 e. The van der Waals surface area contributed by atoms with Gasteiger partial charge >= 0.3 is 5.69 Å². The highest BCUT2D eigenvalue weighted by Crippen LogP contribution is 2.46. The van der Waals surface area contributed by atoms with Gasteiger partial charge in [0.1, 0.15) is 10.9 Å². The van der Waals surface area contributed by atoms with E-state index >= 15 is 0 Å². The van der Waals surface area contributed by atoms with Crippen molar-refractivity contribution in [3.05, 3.63) is 27.4 Å². The molecular weight excluding hydrogens is 296 g/mol. The van der Waals surface area contributed by atoms with Crippen molar-refractivity contribution >= 4 is 12.2 Å². The van der Waals surface area contributed by atoms with Crippen molar-refractivity contribution in [1.29, 1.82) is 0 Å². The van der Waals surface area contributed by atoms with E-state index in [0.29, 0.717) is 10.6 Å². The summed E-state index contributed by atoms with van der Waals surface area (Å²) in [5.41, 5.74) is 0.128. The summed E-state index contributed by atoms with van der Waals surface area (Å²) in [5, 5.41) is 0. The molecule has 1 aromatic heterocycles. The molecule has 1 N–H and O–H groups in total. The number of ether oxygens (including phenoxy) is 1. The van der Waals surface area contributed by atoms with E-state index in [9.17, 15) is 4.79 Å². The highest BCUT2D eigenvalue weighted by atomic mass is 32.1. The smallest absolute Gasteiger partial charge is 0.328 e. The van der Waals surface area contributed by atoms with Crippen molar-refractivity contribution < 1.29 is 4.74 Å². The zero-order valence-electron chi connectivity index (χ0n) is 14.5. The van der Waals surface area contributed by atoms with Gasteiger partial charge < -0.3 is 9.72 Å². The van der Waals surface area contributed by atoms with Crippen molar-refractivity contribution in [3.63, 3.8) is 0 Å². The largest absolute Gasteiger partial charge is 0.354 e. The monoisotopic (exact) mass is 324 g/mol. The van der Waals surface area contributed by atoms with Crippen LogP contribution in [0.2, 0.25) is 0 Å². The summed E-state index contributed by atoms with van der Waals surface area (Å²) in [4.78, 5) is 14.8. The van der Waals surface area contributed by atoms with Crippen molar-refractivity contribution in [2.45, 2.75) is 66.7 Å². The van der Waals surface area contributed by atoms with Crippen molar-refractivity contribution in [2.24, 2.45) is 16.7 Å². The number of nitrogens with zero attached hydrogens (tertiary/aromatic N) is 1. The van der Waals surface area contributed by atoms with E-state index in [1.807, 2.05) is 0 Å². The molecule has 2 rings (SSSR count). The van der Waals surface area contributed by atoms with E-state index in [-0.39, 0.29) is 28.9 Å². The van der Waals surface area contributed by atoms with Gasteiger partial charge in [0.2, 0.25) is 0 Å². The second kappa shape index (κ2) is 5.93. The number of rotatable bonds is 2. The molecule has 0 bridgehead atoms. The van der Waals surface area contributed by atoms with Crippen molar-refractivity contribution in [2.75, 3.05) is 0 Å². The number of nitrogens with one attached hydrogen (secondary N) is 1. The molecule has 1 fully saturated rings. The maximum absolute atomic E-state index is 12.1. The number of hydrogen-bond donors (Lipinski definition) is 1. The Bertz CT molecular complexity index is 605. The Balaban J connectivity index is 2.35. The minimum Gasteiger partial charge on any atom is -0.354 e. The topological polar surface area (TPSA) is 47.0 Å². The molecular formula is C17H28N2O2S. The van der Waals surface area contributed by atoms with Crippen LogP contribution in [0.15, 0.2) is 17.1 Å². The fraction of sp³-hybridized carbons (Fsp3) is 0.765. The SMILES string of the molecule is CC(C)(C)C[C@H]1O[C@@H](n2c(=S)cc[nH]c2=O)CC1C(C)(C)C. The van der Waals surface area contributed by atoms with Crippen molar-refractivity contribution in [1.82, 2.24) is 9.55 Å². The summed E-state index contributed by atoms with van der Waals surface area (Å²) < 4.78 is 8.41. The van der Waals surface area contributed by atoms with E-state index in [1.54, 1.807) is 16.8 Å². The molecule has 0 radical (unpaired) electrons. The molecule has 0 amide bonds. The van der Waals surface area contributed by atoms with Gasteiger partial charge in [-0.25, -0.2) is 4.79 Å². The second-order valence-corrected chi connectivity index (χ2v) is 9.01. The lowest BCUT2D eigenvalue weighted by atomic mass is 9.73. The maximum atomic E-state index is 12.1. The summed E-state index contributed by atoms with van der Waals surface area (Å²) in [6.45, 7) is 13.4. The van der Waals surface area contributed by atoms with E-state index in [2.05, 4.69) is 46.5 Å². The Morgan fingerprint density at radius 2 is 1.95 bits per heavy atom. The summed E-state index contributed by atoms with van der Waals surface area (Å²) in [5.74, 6) is 0.401. The molecule has 4 nitrogen and oxygen atoms in total. The van der Waals surface area contributed by atoms with Crippen LogP contribution in [0.3, 0.4) is 0 Å². The highest BCUT2D eigenvalue weighted by molar-refractivity contribution is 7.71. The first-order chi connectivity index (χ1) is 9.99. The summed E-state index contributed by atoms with van der Waals surface area (Å²) in [6.07, 6.45) is 3.26. The Kier molecular flexibility index (Phi) is 4.69. The fourth-order valence-electron chi connectivity index (χ4n) is 3.30. The molecule has 0 aromatic carbocycles. The first kappa shape index (κ1) is 17.4. The fourth-order valence-corrected chi connectivity index (χ4v) is 3.57. The molecule has 1 unspecified atom stereocenters. The van der Waals surface area contributed by atoms with Gasteiger partial charge in [-0.3, -0.25) is 4.57 Å². The zero-order chi connectivity index (χ0) is 16.7. The van der Waals surface area contributed by atoms with Crippen LogP contribution >= 0.6 is 12.2 Å². The summed E-state index contributed by atoms with van der Waals surface area (Å²) in [7, 11) is 0. The molecule has 3 atom stereocenters. The van der Waals surface area contributed by atoms with Gasteiger partial charge in [-0.05, 0) is 35.7 Å². The molecule has 22 heavy (non-hydrogen) atoms. The van der Waals surface area contributed by atoms with E-state index in [1.165, 1.54) is 0 Å². The normalized spacial score (nSPS) is 26.4. The molecule has 2 heterocycles. The van der Waals surface area contributed by atoms with Crippen LogP contribution < -0.4 is 5.69 Å². The lowest BCUT2D eigenvalue weighted by Crippen LogP contribution is -2.31. The third-order valence-corrected chi connectivity index (χ3v) is 4.67. The van der Waals surface area contributed by atoms with Gasteiger partial charge in [-0.1, -0.05) is 53.8 Å². The third kappa shape index (κ3) is 3.87. The van der Waals surface area contributed by atoms with Crippen LogP contribution in [0, 0.1) is 21.4 Å². The number of aromatic nitrogens is 2. The zero-order valence-corrected chi connectivity index (χ0v) is 15.3. The number of hydrogen-bond acceptors (Lipinski definition) is 3.